The minimum absolute atomic E-state index is 0.221. The van der Waals surface area contributed by atoms with Gasteiger partial charge in [0.2, 0.25) is 5.91 Å². The van der Waals surface area contributed by atoms with Gasteiger partial charge in [0, 0.05) is 18.8 Å². The number of fused-ring (bicyclic) bond motifs is 1. The van der Waals surface area contributed by atoms with Gasteiger partial charge < -0.3 is 24.9 Å². The van der Waals surface area contributed by atoms with Gasteiger partial charge in [-0.15, -0.1) is 0 Å². The highest BCUT2D eigenvalue weighted by molar-refractivity contribution is 5.85. The number of β-amino-alcohol motifs (C(OH)–C–C–N with tert-alkyl or cyclic N) is 1. The van der Waals surface area contributed by atoms with Crippen molar-refractivity contribution in [3.8, 4) is 0 Å². The van der Waals surface area contributed by atoms with Crippen LogP contribution in [-0.4, -0.2) is 36.8 Å². The molecule has 24 heavy (non-hydrogen) atoms. The first-order chi connectivity index (χ1) is 11.6. The van der Waals surface area contributed by atoms with Crippen LogP contribution in [0, 0.1) is 0 Å². The van der Waals surface area contributed by atoms with E-state index in [1.54, 1.807) is 12.3 Å². The van der Waals surface area contributed by atoms with Gasteiger partial charge >= 0.3 is 0 Å². The number of rotatable bonds is 7. The molecule has 1 amide bonds. The molecule has 0 bridgehead atoms. The van der Waals surface area contributed by atoms with Crippen LogP contribution in [0.4, 0.5) is 5.69 Å². The van der Waals surface area contributed by atoms with Crippen molar-refractivity contribution in [2.75, 3.05) is 24.6 Å². The van der Waals surface area contributed by atoms with Crippen molar-refractivity contribution >= 4 is 11.6 Å². The van der Waals surface area contributed by atoms with Gasteiger partial charge in [-0.1, -0.05) is 18.2 Å². The molecule has 2 heterocycles. The summed E-state index contributed by atoms with van der Waals surface area (Å²) in [6.45, 7) is 1.68. The van der Waals surface area contributed by atoms with Crippen LogP contribution in [0.15, 0.2) is 47.1 Å². The van der Waals surface area contributed by atoms with Gasteiger partial charge in [0.1, 0.15) is 12.4 Å². The number of amides is 1. The molecule has 6 heteroatoms. The molecule has 3 rings (SSSR count). The molecule has 2 unspecified atom stereocenters. The number of aliphatic hydroxyl groups excluding tert-OH is 1. The topological polar surface area (TPSA) is 88.9 Å². The zero-order chi connectivity index (χ0) is 16.9. The minimum atomic E-state index is -0.627. The Bertz CT molecular complexity index is 671. The molecule has 0 saturated heterocycles. The summed E-state index contributed by atoms with van der Waals surface area (Å²) in [6, 6.07) is 11.3. The van der Waals surface area contributed by atoms with Gasteiger partial charge in [0.25, 0.3) is 0 Å². The summed E-state index contributed by atoms with van der Waals surface area (Å²) in [5.41, 5.74) is 7.39. The third-order valence-electron chi connectivity index (χ3n) is 4.25. The Labute approximate surface area is 140 Å². The molecular formula is C18H22N2O4. The number of anilines is 1. The zero-order valence-corrected chi connectivity index (χ0v) is 13.4. The lowest BCUT2D eigenvalue weighted by Gasteiger charge is -2.35. The Morgan fingerprint density at radius 1 is 1.38 bits per heavy atom. The molecule has 1 aromatic heterocycles. The molecule has 0 spiro atoms. The van der Waals surface area contributed by atoms with Gasteiger partial charge in [0.05, 0.1) is 24.9 Å². The summed E-state index contributed by atoms with van der Waals surface area (Å²) in [5.74, 6) is 0.170. The molecule has 6 nitrogen and oxygen atoms in total. The lowest BCUT2D eigenvalue weighted by Crippen LogP contribution is -2.40. The molecule has 3 N–H and O–H groups in total. The van der Waals surface area contributed by atoms with E-state index in [1.807, 2.05) is 30.3 Å². The predicted molar refractivity (Wildman–Crippen MR) is 89.6 cm³/mol. The Balaban J connectivity index is 1.58. The van der Waals surface area contributed by atoms with Crippen LogP contribution >= 0.6 is 0 Å². The second-order valence-corrected chi connectivity index (χ2v) is 6.00. The third kappa shape index (κ3) is 3.77. The molecule has 1 aliphatic heterocycles. The number of hydrogen-bond donors (Lipinski definition) is 2. The Morgan fingerprint density at radius 2 is 2.21 bits per heavy atom. The number of furan rings is 1. The van der Waals surface area contributed by atoms with Crippen LogP contribution in [0.3, 0.4) is 0 Å². The van der Waals surface area contributed by atoms with Crippen molar-refractivity contribution in [2.45, 2.75) is 25.0 Å². The second-order valence-electron chi connectivity index (χ2n) is 6.00. The van der Waals surface area contributed by atoms with E-state index >= 15 is 0 Å². The highest BCUT2D eigenvalue weighted by atomic mass is 16.5. The number of ether oxygens (including phenoxy) is 1. The predicted octanol–water partition coefficient (Wildman–Crippen LogP) is 1.64. The Kier molecular flexibility index (Phi) is 5.17. The molecule has 0 saturated carbocycles. The molecular weight excluding hydrogens is 308 g/mol. The molecule has 128 valence electrons. The maximum atomic E-state index is 11.6. The number of nitrogens with zero attached hydrogens (tertiary/aromatic N) is 1. The van der Waals surface area contributed by atoms with Gasteiger partial charge in [0.15, 0.2) is 0 Å². The van der Waals surface area contributed by atoms with E-state index in [0.29, 0.717) is 26.1 Å². The SMILES string of the molecule is NC(=O)C1CCN(CC(O)COCc2ccco2)c2ccccc21. The second kappa shape index (κ2) is 7.51. The maximum Gasteiger partial charge on any atom is 0.225 e. The number of carbonyl (C=O) groups excluding carboxylic acids is 1. The van der Waals surface area contributed by atoms with Crippen LogP contribution in [0.2, 0.25) is 0 Å². The van der Waals surface area contributed by atoms with E-state index in [1.165, 1.54) is 0 Å². The lowest BCUT2D eigenvalue weighted by atomic mass is 9.89. The largest absolute Gasteiger partial charge is 0.467 e. The summed E-state index contributed by atoms with van der Waals surface area (Å²) in [4.78, 5) is 13.7. The summed E-state index contributed by atoms with van der Waals surface area (Å²) in [5, 5.41) is 10.2. The van der Waals surface area contributed by atoms with Crippen LogP contribution in [0.25, 0.3) is 0 Å². The number of primary amides is 1. The van der Waals surface area contributed by atoms with Crippen molar-refractivity contribution in [2.24, 2.45) is 5.73 Å². The number of hydrogen-bond acceptors (Lipinski definition) is 5. The van der Waals surface area contributed by atoms with Crippen LogP contribution in [0.5, 0.6) is 0 Å². The highest BCUT2D eigenvalue weighted by Crippen LogP contribution is 2.34. The molecule has 0 fully saturated rings. The van der Waals surface area contributed by atoms with E-state index in [-0.39, 0.29) is 18.4 Å². The lowest BCUT2D eigenvalue weighted by molar-refractivity contribution is -0.119. The summed E-state index contributed by atoms with van der Waals surface area (Å²) >= 11 is 0. The number of aliphatic hydroxyl groups is 1. The molecule has 2 aromatic rings. The Hall–Kier alpha value is -2.31. The summed E-state index contributed by atoms with van der Waals surface area (Å²) in [7, 11) is 0. The maximum absolute atomic E-state index is 11.6. The smallest absolute Gasteiger partial charge is 0.225 e. The van der Waals surface area contributed by atoms with Crippen LogP contribution in [0.1, 0.15) is 23.7 Å². The average molecular weight is 330 g/mol. The van der Waals surface area contributed by atoms with Crippen molar-refractivity contribution in [3.05, 3.63) is 54.0 Å². The van der Waals surface area contributed by atoms with E-state index < -0.39 is 6.10 Å². The molecule has 0 aliphatic carbocycles. The van der Waals surface area contributed by atoms with E-state index in [9.17, 15) is 9.90 Å². The fourth-order valence-corrected chi connectivity index (χ4v) is 3.11. The third-order valence-corrected chi connectivity index (χ3v) is 4.25. The summed E-state index contributed by atoms with van der Waals surface area (Å²) in [6.07, 6.45) is 1.62. The molecule has 2 atom stereocenters. The number of carbonyl (C=O) groups is 1. The van der Waals surface area contributed by atoms with E-state index in [0.717, 1.165) is 17.0 Å². The van der Waals surface area contributed by atoms with Gasteiger partial charge in [-0.2, -0.15) is 0 Å². The van der Waals surface area contributed by atoms with E-state index in [2.05, 4.69) is 4.90 Å². The fraction of sp³-hybridized carbons (Fsp3) is 0.389. The first-order valence-corrected chi connectivity index (χ1v) is 8.06. The zero-order valence-electron chi connectivity index (χ0n) is 13.4. The van der Waals surface area contributed by atoms with Crippen molar-refractivity contribution in [1.82, 2.24) is 0 Å². The molecule has 1 aromatic carbocycles. The summed E-state index contributed by atoms with van der Waals surface area (Å²) < 4.78 is 10.7. The molecule has 0 radical (unpaired) electrons. The highest BCUT2D eigenvalue weighted by Gasteiger charge is 2.29. The minimum Gasteiger partial charge on any atom is -0.467 e. The van der Waals surface area contributed by atoms with Gasteiger partial charge in [-0.25, -0.2) is 0 Å². The number of nitrogens with two attached hydrogens (primary N) is 1. The van der Waals surface area contributed by atoms with Crippen molar-refractivity contribution < 1.29 is 19.1 Å². The number of para-hydroxylation sites is 1. The first kappa shape index (κ1) is 16.5. The normalized spacial score (nSPS) is 18.2. The fourth-order valence-electron chi connectivity index (χ4n) is 3.11. The monoisotopic (exact) mass is 330 g/mol. The first-order valence-electron chi connectivity index (χ1n) is 8.06. The van der Waals surface area contributed by atoms with Gasteiger partial charge in [-0.05, 0) is 30.2 Å². The quantitative estimate of drug-likeness (QED) is 0.805. The average Bonchev–Trinajstić information content (AvgIpc) is 3.08. The standard InChI is InChI=1S/C18H22N2O4/c19-18(22)16-7-8-20(17-6-2-1-5-15(16)17)10-13(21)11-23-12-14-4-3-9-24-14/h1-6,9,13,16,21H,7-8,10-12H2,(H2,19,22). The Morgan fingerprint density at radius 3 is 2.96 bits per heavy atom. The van der Waals surface area contributed by atoms with E-state index in [4.69, 9.17) is 14.9 Å². The number of benzene rings is 1. The van der Waals surface area contributed by atoms with Gasteiger partial charge in [-0.3, -0.25) is 4.79 Å². The van der Waals surface area contributed by atoms with Crippen molar-refractivity contribution in [3.63, 3.8) is 0 Å². The van der Waals surface area contributed by atoms with Crippen molar-refractivity contribution in [1.29, 1.82) is 0 Å². The van der Waals surface area contributed by atoms with Crippen LogP contribution in [-0.2, 0) is 16.1 Å². The van der Waals surface area contributed by atoms with Crippen LogP contribution < -0.4 is 10.6 Å². The molecule has 1 aliphatic rings.